The van der Waals surface area contributed by atoms with E-state index in [2.05, 4.69) is 31.9 Å². The van der Waals surface area contributed by atoms with Gasteiger partial charge in [-0.25, -0.2) is 9.59 Å². The van der Waals surface area contributed by atoms with Crippen molar-refractivity contribution >= 4 is 53.7 Å². The number of Topliss-reactive ketones (excluding diaryl/α,β-unsaturated/α-hetero) is 1. The average Bonchev–Trinajstić information content (AvgIpc) is 3.82. The summed E-state index contributed by atoms with van der Waals surface area (Å²) in [5.74, 6) is -5.73. The summed E-state index contributed by atoms with van der Waals surface area (Å²) in [5, 5.41) is 25.7. The van der Waals surface area contributed by atoms with Crippen LogP contribution in [0.2, 0.25) is 0 Å². The third-order valence-corrected chi connectivity index (χ3v) is 11.0. The lowest BCUT2D eigenvalue weighted by atomic mass is 10.0. The number of urea groups is 1. The number of likely N-dealkylation sites (N-methyl/N-ethyl adjacent to an activating group) is 1. The SMILES string of the molecule is CC(C)CC(NC(=O)[C@@H](NC(=O)[C@H](CCCNC(N)=O)NC(=O)C(C)C)[C@H](C)OC(=O)C(NC(=O)C(Cc1ccc(O)cc1)N(C)C=O)C(C)C)C(=O)NC12CCC(=O)C1C2. The zero-order valence-electron chi connectivity index (χ0n) is 36.4. The highest BCUT2D eigenvalue weighted by Crippen LogP contribution is 2.53. The fraction of sp³-hybridized carbons (Fsp3) is 0.643. The highest BCUT2D eigenvalue weighted by molar-refractivity contribution is 5.96. The molecule has 0 bridgehead atoms. The van der Waals surface area contributed by atoms with Crippen LogP contribution in [0, 0.1) is 23.7 Å². The summed E-state index contributed by atoms with van der Waals surface area (Å²) in [6.45, 7) is 11.7. The van der Waals surface area contributed by atoms with E-state index in [1.165, 1.54) is 26.1 Å². The Hall–Kier alpha value is -5.75. The Balaban J connectivity index is 1.91. The van der Waals surface area contributed by atoms with Crippen molar-refractivity contribution in [3.05, 3.63) is 29.8 Å². The molecule has 9 N–H and O–H groups in total. The Bertz CT molecular complexity index is 1770. The molecule has 0 radical (unpaired) electrons. The zero-order chi connectivity index (χ0) is 45.8. The second kappa shape index (κ2) is 22.2. The number of rotatable bonds is 24. The number of phenolic OH excluding ortho intramolecular Hbond substituents is 1. The van der Waals surface area contributed by atoms with E-state index in [-0.39, 0.29) is 55.6 Å². The number of phenols is 1. The summed E-state index contributed by atoms with van der Waals surface area (Å²) >= 11 is 0. The van der Waals surface area contributed by atoms with Crippen LogP contribution in [0.1, 0.15) is 92.6 Å². The summed E-state index contributed by atoms with van der Waals surface area (Å²) in [6, 6.07) is -1.07. The van der Waals surface area contributed by atoms with E-state index in [4.69, 9.17) is 10.5 Å². The van der Waals surface area contributed by atoms with Crippen molar-refractivity contribution in [3.63, 3.8) is 0 Å². The van der Waals surface area contributed by atoms with Crippen molar-refractivity contribution in [1.29, 1.82) is 0 Å². The maximum absolute atomic E-state index is 14.3. The normalized spacial score (nSPS) is 19.6. The van der Waals surface area contributed by atoms with Crippen molar-refractivity contribution in [2.75, 3.05) is 13.6 Å². The molecule has 8 atom stereocenters. The van der Waals surface area contributed by atoms with Crippen LogP contribution in [-0.2, 0) is 49.5 Å². The second-order valence-electron chi connectivity index (χ2n) is 17.2. The Kier molecular flexibility index (Phi) is 18.1. The van der Waals surface area contributed by atoms with Gasteiger partial charge in [-0.05, 0) is 68.6 Å². The van der Waals surface area contributed by atoms with Gasteiger partial charge in [-0.2, -0.15) is 0 Å². The summed E-state index contributed by atoms with van der Waals surface area (Å²) in [6.07, 6.45) is 0.827. The number of benzene rings is 1. The molecule has 2 saturated carbocycles. The molecule has 0 spiro atoms. The first-order valence-electron chi connectivity index (χ1n) is 20.8. The second-order valence-corrected chi connectivity index (χ2v) is 17.2. The molecule has 0 aromatic heterocycles. The number of amides is 8. The van der Waals surface area contributed by atoms with Gasteiger partial charge in [0.2, 0.25) is 35.9 Å². The van der Waals surface area contributed by atoms with Gasteiger partial charge in [0.1, 0.15) is 47.8 Å². The molecule has 19 nitrogen and oxygen atoms in total. The van der Waals surface area contributed by atoms with Gasteiger partial charge in [0.25, 0.3) is 0 Å². The molecule has 3 rings (SSSR count). The van der Waals surface area contributed by atoms with E-state index in [1.54, 1.807) is 39.8 Å². The summed E-state index contributed by atoms with van der Waals surface area (Å²) in [5.41, 5.74) is 5.14. The third kappa shape index (κ3) is 14.4. The van der Waals surface area contributed by atoms with Crippen LogP contribution in [0.3, 0.4) is 0 Å². The van der Waals surface area contributed by atoms with E-state index >= 15 is 0 Å². The molecule has 2 aliphatic rings. The smallest absolute Gasteiger partial charge is 0.329 e. The predicted molar refractivity (Wildman–Crippen MR) is 222 cm³/mol. The van der Waals surface area contributed by atoms with E-state index in [9.17, 15) is 48.3 Å². The molecule has 1 aromatic rings. The number of nitrogens with one attached hydrogen (secondary N) is 6. The minimum absolute atomic E-state index is 0.00936. The first-order valence-corrected chi connectivity index (χ1v) is 20.8. The summed E-state index contributed by atoms with van der Waals surface area (Å²) < 4.78 is 5.82. The lowest BCUT2D eigenvalue weighted by molar-refractivity contribution is -0.157. The minimum Gasteiger partial charge on any atom is -0.508 e. The van der Waals surface area contributed by atoms with Crippen LogP contribution in [0.5, 0.6) is 5.75 Å². The number of hydrogen-bond acceptors (Lipinski definition) is 11. The first kappa shape index (κ1) is 49.6. The minimum atomic E-state index is -1.65. The Morgan fingerprint density at radius 2 is 1.49 bits per heavy atom. The number of primary amides is 1. The molecule has 2 fully saturated rings. The predicted octanol–water partition coefficient (Wildman–Crippen LogP) is 0.307. The van der Waals surface area contributed by atoms with E-state index in [1.807, 2.05) is 13.8 Å². The number of nitrogens with zero attached hydrogens (tertiary/aromatic N) is 1. The van der Waals surface area contributed by atoms with Gasteiger partial charge in [-0.3, -0.25) is 33.6 Å². The topological polar surface area (TPSA) is 285 Å². The van der Waals surface area contributed by atoms with Crippen molar-refractivity contribution in [2.45, 2.75) is 135 Å². The lowest BCUT2D eigenvalue weighted by Gasteiger charge is -2.31. The number of carbonyl (C=O) groups excluding carboxylic acids is 9. The van der Waals surface area contributed by atoms with Gasteiger partial charge in [0.15, 0.2) is 0 Å². The monoisotopic (exact) mass is 856 g/mol. The molecule has 2 aliphatic carbocycles. The number of ether oxygens (including phenoxy) is 1. The quantitative estimate of drug-likeness (QED) is 0.0398. The summed E-state index contributed by atoms with van der Waals surface area (Å²) in [7, 11) is 1.40. The van der Waals surface area contributed by atoms with Crippen LogP contribution >= 0.6 is 0 Å². The number of carbonyl (C=O) groups is 9. The van der Waals surface area contributed by atoms with Crippen molar-refractivity contribution < 1.29 is 53.0 Å². The van der Waals surface area contributed by atoms with Crippen molar-refractivity contribution in [3.8, 4) is 5.75 Å². The zero-order valence-corrected chi connectivity index (χ0v) is 36.4. The first-order chi connectivity index (χ1) is 28.6. The van der Waals surface area contributed by atoms with Crippen LogP contribution in [0.4, 0.5) is 4.79 Å². The molecule has 1 aromatic carbocycles. The number of ketones is 1. The van der Waals surface area contributed by atoms with Crippen LogP contribution in [0.15, 0.2) is 24.3 Å². The third-order valence-electron chi connectivity index (χ3n) is 11.0. The highest BCUT2D eigenvalue weighted by atomic mass is 16.5. The van der Waals surface area contributed by atoms with E-state index in [0.29, 0.717) is 31.2 Å². The number of fused-ring (bicyclic) bond motifs is 1. The maximum atomic E-state index is 14.3. The molecule has 8 amide bonds. The van der Waals surface area contributed by atoms with Crippen LogP contribution in [0.25, 0.3) is 0 Å². The Morgan fingerprint density at radius 1 is 0.869 bits per heavy atom. The Morgan fingerprint density at radius 3 is 2.02 bits per heavy atom. The van der Waals surface area contributed by atoms with Crippen molar-refractivity contribution in [1.82, 2.24) is 36.8 Å². The molecule has 19 heteroatoms. The van der Waals surface area contributed by atoms with Gasteiger partial charge in [0.05, 0.1) is 5.54 Å². The molecular formula is C42H64N8O11. The molecule has 61 heavy (non-hydrogen) atoms. The number of aromatic hydroxyl groups is 1. The van der Waals surface area contributed by atoms with E-state index < -0.39 is 95.2 Å². The number of esters is 1. The lowest BCUT2D eigenvalue weighted by Crippen LogP contribution is -2.61. The fourth-order valence-electron chi connectivity index (χ4n) is 7.22. The van der Waals surface area contributed by atoms with Crippen LogP contribution in [-0.4, -0.2) is 119 Å². The number of hydrogen-bond donors (Lipinski definition) is 8. The molecule has 338 valence electrons. The standard InChI is InChI=1S/C42H64N8O11/c1-22(2)18-30(37(56)49-42-16-15-32(53)28(42)20-42)46-39(58)34(48-36(55)29(45-35(54)24(5)6)10-9-17-44-41(43)60)25(7)61-40(59)33(23(3)4)47-38(57)31(50(8)21-51)19-26-11-13-27(52)14-12-26/h11-14,21-25,28-31,33-34,52H,9-10,15-20H2,1-8H3,(H,45,54)(H,46,58)(H,47,57)(H,48,55)(H,49,56)(H3,43,44,60)/t25-,28?,29-,30?,31?,33?,34-,42?/m0/s1. The van der Waals surface area contributed by atoms with Gasteiger partial charge >= 0.3 is 12.0 Å². The van der Waals surface area contributed by atoms with Gasteiger partial charge in [-0.1, -0.05) is 53.7 Å². The average molecular weight is 857 g/mol. The Labute approximate surface area is 356 Å². The molecule has 0 heterocycles. The van der Waals surface area contributed by atoms with Crippen molar-refractivity contribution in [2.24, 2.45) is 29.4 Å². The van der Waals surface area contributed by atoms with Gasteiger partial charge < -0.3 is 52.4 Å². The fourth-order valence-corrected chi connectivity index (χ4v) is 7.22. The number of nitrogens with two attached hydrogens (primary N) is 1. The van der Waals surface area contributed by atoms with Gasteiger partial charge in [-0.15, -0.1) is 0 Å². The molecule has 5 unspecified atom stereocenters. The van der Waals surface area contributed by atoms with Gasteiger partial charge in [0, 0.05) is 38.3 Å². The maximum Gasteiger partial charge on any atom is 0.329 e. The highest BCUT2D eigenvalue weighted by Gasteiger charge is 2.63. The molecule has 0 aliphatic heterocycles. The molecule has 0 saturated heterocycles. The summed E-state index contributed by atoms with van der Waals surface area (Å²) in [4.78, 5) is 119. The van der Waals surface area contributed by atoms with E-state index in [0.717, 1.165) is 4.90 Å². The van der Waals surface area contributed by atoms with Crippen LogP contribution < -0.4 is 37.6 Å². The molecular weight excluding hydrogens is 793 g/mol. The largest absolute Gasteiger partial charge is 0.508 e.